The highest BCUT2D eigenvalue weighted by molar-refractivity contribution is 8.00. The number of carboxylic acid groups (broad SMARTS) is 1. The molecule has 3 N–H and O–H groups in total. The molecule has 0 radical (unpaired) electrons. The number of Topliss-reactive ketones (excluding diaryl/α,β-unsaturated/α-hetero) is 1. The molecule has 0 bridgehead atoms. The SMILES string of the molecule is CCCCCC(O)CS[C@H]1C(O)CC(=O)[C@@H]1CC=CCCC(C(=O)O)c1ccc(OC)cc1. The van der Waals surface area contributed by atoms with Gasteiger partial charge in [0.15, 0.2) is 0 Å². The molecule has 0 spiro atoms. The van der Waals surface area contributed by atoms with Crippen molar-refractivity contribution < 1.29 is 29.6 Å². The molecule has 0 heterocycles. The fourth-order valence-electron chi connectivity index (χ4n) is 4.25. The van der Waals surface area contributed by atoms with Crippen LogP contribution in [0.15, 0.2) is 36.4 Å². The first-order valence-electron chi connectivity index (χ1n) is 11.9. The van der Waals surface area contributed by atoms with Crippen LogP contribution in [0.3, 0.4) is 0 Å². The maximum atomic E-state index is 12.4. The Bertz CT molecular complexity index is 763. The standard InChI is InChI=1S/C26H38O6S/c1-3-4-6-9-19(27)17-33-25-22(23(28)16-24(25)29)11-8-5-7-10-21(26(30)31)18-12-14-20(32-2)15-13-18/h5,8,12-15,19,21-22,24-25,27,29H,3-4,6-7,9-11,16-17H2,1-2H3,(H,30,31)/t19?,21?,22-,24?,25+/m0/s1. The number of carboxylic acids is 1. The van der Waals surface area contributed by atoms with E-state index in [9.17, 15) is 24.9 Å². The number of aliphatic carboxylic acids is 1. The number of aliphatic hydroxyl groups excluding tert-OH is 2. The van der Waals surface area contributed by atoms with E-state index in [1.54, 1.807) is 31.4 Å². The maximum absolute atomic E-state index is 12.4. The highest BCUT2D eigenvalue weighted by Gasteiger charge is 2.41. The lowest BCUT2D eigenvalue weighted by atomic mass is 9.94. The van der Waals surface area contributed by atoms with Gasteiger partial charge in [0.1, 0.15) is 11.5 Å². The van der Waals surface area contributed by atoms with Crippen molar-refractivity contribution in [3.63, 3.8) is 0 Å². The number of allylic oxidation sites excluding steroid dienone is 2. The van der Waals surface area contributed by atoms with E-state index in [-0.39, 0.29) is 23.4 Å². The monoisotopic (exact) mass is 478 g/mol. The Morgan fingerprint density at radius 1 is 1.21 bits per heavy atom. The first-order chi connectivity index (χ1) is 15.9. The molecule has 7 heteroatoms. The lowest BCUT2D eigenvalue weighted by Crippen LogP contribution is -2.25. The van der Waals surface area contributed by atoms with Gasteiger partial charge in [0.05, 0.1) is 25.2 Å². The maximum Gasteiger partial charge on any atom is 0.310 e. The molecule has 1 fully saturated rings. The van der Waals surface area contributed by atoms with Crippen LogP contribution in [0.5, 0.6) is 5.75 Å². The number of rotatable bonds is 15. The number of hydrogen-bond acceptors (Lipinski definition) is 6. The lowest BCUT2D eigenvalue weighted by Gasteiger charge is -2.21. The van der Waals surface area contributed by atoms with Crippen LogP contribution in [-0.2, 0) is 9.59 Å². The number of ether oxygens (including phenoxy) is 1. The number of unbranched alkanes of at least 4 members (excludes halogenated alkanes) is 2. The Kier molecular flexibility index (Phi) is 12.0. The second-order valence-electron chi connectivity index (χ2n) is 8.74. The molecule has 0 amide bonds. The Labute approximate surface area is 201 Å². The van der Waals surface area contributed by atoms with Crippen molar-refractivity contribution in [3.8, 4) is 5.75 Å². The molecule has 0 aliphatic heterocycles. The van der Waals surface area contributed by atoms with E-state index in [1.807, 2.05) is 12.2 Å². The van der Waals surface area contributed by atoms with Crippen molar-refractivity contribution in [1.29, 1.82) is 0 Å². The van der Waals surface area contributed by atoms with E-state index in [0.29, 0.717) is 30.8 Å². The van der Waals surface area contributed by atoms with E-state index in [0.717, 1.165) is 31.2 Å². The van der Waals surface area contributed by atoms with E-state index < -0.39 is 24.1 Å². The molecule has 1 aliphatic carbocycles. The van der Waals surface area contributed by atoms with Crippen molar-refractivity contribution in [2.75, 3.05) is 12.9 Å². The Morgan fingerprint density at radius 3 is 2.58 bits per heavy atom. The molecule has 5 atom stereocenters. The zero-order chi connectivity index (χ0) is 24.2. The van der Waals surface area contributed by atoms with Gasteiger partial charge in [-0.05, 0) is 43.4 Å². The Hall–Kier alpha value is -1.83. The summed E-state index contributed by atoms with van der Waals surface area (Å²) in [6.07, 6.45) is 8.46. The van der Waals surface area contributed by atoms with Crippen LogP contribution >= 0.6 is 11.8 Å². The van der Waals surface area contributed by atoms with Crippen molar-refractivity contribution in [3.05, 3.63) is 42.0 Å². The molecule has 33 heavy (non-hydrogen) atoms. The van der Waals surface area contributed by atoms with E-state index in [4.69, 9.17) is 4.74 Å². The predicted octanol–water partition coefficient (Wildman–Crippen LogP) is 4.58. The van der Waals surface area contributed by atoms with Gasteiger partial charge >= 0.3 is 5.97 Å². The smallest absolute Gasteiger partial charge is 0.310 e. The van der Waals surface area contributed by atoms with E-state index in [2.05, 4.69) is 6.92 Å². The molecule has 3 unspecified atom stereocenters. The van der Waals surface area contributed by atoms with Gasteiger partial charge in [-0.15, -0.1) is 0 Å². The summed E-state index contributed by atoms with van der Waals surface area (Å²) in [7, 11) is 1.57. The molecular formula is C26H38O6S. The van der Waals surface area contributed by atoms with Crippen LogP contribution in [0.25, 0.3) is 0 Å². The third kappa shape index (κ3) is 8.80. The summed E-state index contributed by atoms with van der Waals surface area (Å²) in [6.45, 7) is 2.13. The quantitative estimate of drug-likeness (QED) is 0.250. The zero-order valence-electron chi connectivity index (χ0n) is 19.7. The minimum Gasteiger partial charge on any atom is -0.497 e. The fraction of sp³-hybridized carbons (Fsp3) is 0.615. The number of carbonyl (C=O) groups is 2. The first kappa shape index (κ1) is 27.4. The number of benzene rings is 1. The third-order valence-corrected chi connectivity index (χ3v) is 7.82. The molecule has 1 aromatic carbocycles. The number of ketones is 1. The Balaban J connectivity index is 1.84. The summed E-state index contributed by atoms with van der Waals surface area (Å²) in [5.41, 5.74) is 0.736. The molecule has 0 saturated heterocycles. The van der Waals surface area contributed by atoms with E-state index in [1.165, 1.54) is 11.8 Å². The lowest BCUT2D eigenvalue weighted by molar-refractivity contribution is -0.139. The van der Waals surface area contributed by atoms with Gasteiger partial charge in [-0.25, -0.2) is 0 Å². The first-order valence-corrected chi connectivity index (χ1v) is 12.9. The number of aliphatic hydroxyl groups is 2. The largest absolute Gasteiger partial charge is 0.497 e. The average Bonchev–Trinajstić information content (AvgIpc) is 3.06. The highest BCUT2D eigenvalue weighted by Crippen LogP contribution is 2.36. The number of hydrogen-bond donors (Lipinski definition) is 3. The zero-order valence-corrected chi connectivity index (χ0v) is 20.5. The summed E-state index contributed by atoms with van der Waals surface area (Å²) in [5.74, 6) is -0.453. The molecule has 1 aliphatic rings. The van der Waals surface area contributed by atoms with Gasteiger partial charge in [0.25, 0.3) is 0 Å². The highest BCUT2D eigenvalue weighted by atomic mass is 32.2. The average molecular weight is 479 g/mol. The second kappa shape index (κ2) is 14.4. The third-order valence-electron chi connectivity index (χ3n) is 6.22. The fourth-order valence-corrected chi connectivity index (χ4v) is 5.67. The minimum atomic E-state index is -0.864. The van der Waals surface area contributed by atoms with Crippen LogP contribution in [0.1, 0.15) is 69.8 Å². The summed E-state index contributed by atoms with van der Waals surface area (Å²) in [6, 6.07) is 7.07. The van der Waals surface area contributed by atoms with Crippen LogP contribution in [0, 0.1) is 5.92 Å². The second-order valence-corrected chi connectivity index (χ2v) is 9.95. The molecule has 6 nitrogen and oxygen atoms in total. The van der Waals surface area contributed by atoms with Gasteiger partial charge in [-0.2, -0.15) is 11.8 Å². The normalized spacial score (nSPS) is 22.5. The van der Waals surface area contributed by atoms with Gasteiger partial charge in [0.2, 0.25) is 0 Å². The molecular weight excluding hydrogens is 440 g/mol. The number of thioether (sulfide) groups is 1. The van der Waals surface area contributed by atoms with Crippen LogP contribution in [-0.4, -0.2) is 57.4 Å². The Morgan fingerprint density at radius 2 is 1.94 bits per heavy atom. The number of carbonyl (C=O) groups excluding carboxylic acids is 1. The van der Waals surface area contributed by atoms with Gasteiger partial charge < -0.3 is 20.1 Å². The minimum absolute atomic E-state index is 0.0618. The summed E-state index contributed by atoms with van der Waals surface area (Å²) < 4.78 is 5.13. The topological polar surface area (TPSA) is 104 Å². The predicted molar refractivity (Wildman–Crippen MR) is 132 cm³/mol. The molecule has 184 valence electrons. The van der Waals surface area contributed by atoms with Crippen molar-refractivity contribution in [2.24, 2.45) is 5.92 Å². The molecule has 2 rings (SSSR count). The summed E-state index contributed by atoms with van der Waals surface area (Å²) in [5, 5.41) is 29.9. The van der Waals surface area contributed by atoms with Crippen LogP contribution in [0.2, 0.25) is 0 Å². The molecule has 1 saturated carbocycles. The van der Waals surface area contributed by atoms with Crippen molar-refractivity contribution in [2.45, 2.75) is 81.7 Å². The number of methoxy groups -OCH3 is 1. The molecule has 0 aromatic heterocycles. The summed E-state index contributed by atoms with van der Waals surface area (Å²) in [4.78, 5) is 24.1. The summed E-state index contributed by atoms with van der Waals surface area (Å²) >= 11 is 1.50. The van der Waals surface area contributed by atoms with E-state index >= 15 is 0 Å². The van der Waals surface area contributed by atoms with Gasteiger partial charge in [-0.1, -0.05) is 50.5 Å². The van der Waals surface area contributed by atoms with Crippen LogP contribution in [0.4, 0.5) is 0 Å². The van der Waals surface area contributed by atoms with Gasteiger partial charge in [-0.3, -0.25) is 9.59 Å². The van der Waals surface area contributed by atoms with Gasteiger partial charge in [0, 0.05) is 23.3 Å². The van der Waals surface area contributed by atoms with Crippen molar-refractivity contribution >= 4 is 23.5 Å². The molecule has 1 aromatic rings. The van der Waals surface area contributed by atoms with Crippen LogP contribution < -0.4 is 4.74 Å². The van der Waals surface area contributed by atoms with Crippen molar-refractivity contribution in [1.82, 2.24) is 0 Å².